The number of hydrogen-bond acceptors (Lipinski definition) is 6. The Labute approximate surface area is 85.3 Å². The lowest BCUT2D eigenvalue weighted by Crippen LogP contribution is -2.15. The molecule has 15 heavy (non-hydrogen) atoms. The second-order valence-electron chi connectivity index (χ2n) is 2.49. The molecule has 0 bridgehead atoms. The molecule has 0 aliphatic heterocycles. The van der Waals surface area contributed by atoms with Gasteiger partial charge >= 0.3 is 10.4 Å². The highest BCUT2D eigenvalue weighted by Gasteiger charge is 2.16. The van der Waals surface area contributed by atoms with Crippen molar-refractivity contribution in [1.82, 2.24) is 0 Å². The number of furan rings is 2. The van der Waals surface area contributed by atoms with Gasteiger partial charge in [0, 0.05) is 12.1 Å². The molecule has 0 radical (unpaired) electrons. The lowest BCUT2D eigenvalue weighted by atomic mass is 10.6. The summed E-state index contributed by atoms with van der Waals surface area (Å²) < 4.78 is 40.8. The summed E-state index contributed by atoms with van der Waals surface area (Å²) in [4.78, 5) is 0. The van der Waals surface area contributed by atoms with E-state index in [-0.39, 0.29) is 11.5 Å². The van der Waals surface area contributed by atoms with Crippen LogP contribution in [-0.4, -0.2) is 8.42 Å². The van der Waals surface area contributed by atoms with Gasteiger partial charge in [0.15, 0.2) is 11.5 Å². The van der Waals surface area contributed by atoms with E-state index in [4.69, 9.17) is 0 Å². The molecule has 0 aromatic carbocycles. The Bertz CT molecular complexity index is 453. The Balaban J connectivity index is 2.08. The standard InChI is InChI=1S/C8H6O6S/c9-15(10,13-7-1-3-11-5-7)14-8-2-4-12-6-8/h1-6H. The van der Waals surface area contributed by atoms with Crippen molar-refractivity contribution >= 4 is 10.4 Å². The highest BCUT2D eigenvalue weighted by Crippen LogP contribution is 2.17. The predicted molar refractivity (Wildman–Crippen MR) is 47.6 cm³/mol. The van der Waals surface area contributed by atoms with Gasteiger partial charge in [0.05, 0.1) is 12.5 Å². The molecule has 0 saturated carbocycles. The molecule has 6 nitrogen and oxygen atoms in total. The highest BCUT2D eigenvalue weighted by atomic mass is 32.3. The van der Waals surface area contributed by atoms with Crippen molar-refractivity contribution in [3.63, 3.8) is 0 Å². The minimum Gasteiger partial charge on any atom is -0.469 e. The maximum atomic E-state index is 11.2. The third-order valence-electron chi connectivity index (χ3n) is 1.39. The summed E-state index contributed by atoms with van der Waals surface area (Å²) >= 11 is 0. The summed E-state index contributed by atoms with van der Waals surface area (Å²) in [5, 5.41) is 0. The van der Waals surface area contributed by atoms with Gasteiger partial charge in [-0.2, -0.15) is 0 Å². The Morgan fingerprint density at radius 2 is 1.40 bits per heavy atom. The van der Waals surface area contributed by atoms with Crippen LogP contribution in [0.4, 0.5) is 0 Å². The first-order valence-corrected chi connectivity index (χ1v) is 5.17. The van der Waals surface area contributed by atoms with Crippen LogP contribution in [0.2, 0.25) is 0 Å². The van der Waals surface area contributed by atoms with Crippen LogP contribution in [0.3, 0.4) is 0 Å². The van der Waals surface area contributed by atoms with Crippen molar-refractivity contribution in [2.45, 2.75) is 0 Å². The molecular weight excluding hydrogens is 224 g/mol. The molecule has 0 atom stereocenters. The van der Waals surface area contributed by atoms with Crippen molar-refractivity contribution in [1.29, 1.82) is 0 Å². The molecule has 0 spiro atoms. The van der Waals surface area contributed by atoms with E-state index < -0.39 is 10.4 Å². The summed E-state index contributed by atoms with van der Waals surface area (Å²) in [6.07, 6.45) is 4.83. The molecule has 0 unspecified atom stereocenters. The molecule has 2 aromatic heterocycles. The first kappa shape index (κ1) is 9.66. The van der Waals surface area contributed by atoms with E-state index in [0.717, 1.165) is 12.5 Å². The Hall–Kier alpha value is -1.89. The van der Waals surface area contributed by atoms with Gasteiger partial charge in [-0.1, -0.05) is 0 Å². The van der Waals surface area contributed by atoms with Gasteiger partial charge in [-0.15, -0.1) is 8.42 Å². The number of hydrogen-bond donors (Lipinski definition) is 0. The summed E-state index contributed by atoms with van der Waals surface area (Å²) in [6, 6.07) is 2.69. The third-order valence-corrected chi connectivity index (χ3v) is 2.18. The van der Waals surface area contributed by atoms with Gasteiger partial charge in [-0.25, -0.2) is 0 Å². The van der Waals surface area contributed by atoms with Crippen LogP contribution in [-0.2, 0) is 10.4 Å². The van der Waals surface area contributed by atoms with E-state index in [1.165, 1.54) is 24.7 Å². The molecule has 0 saturated heterocycles. The zero-order valence-corrected chi connectivity index (χ0v) is 8.14. The monoisotopic (exact) mass is 230 g/mol. The van der Waals surface area contributed by atoms with Crippen LogP contribution in [0.25, 0.3) is 0 Å². The van der Waals surface area contributed by atoms with Gasteiger partial charge in [0.1, 0.15) is 12.5 Å². The van der Waals surface area contributed by atoms with Gasteiger partial charge in [-0.05, 0) is 0 Å². The zero-order valence-electron chi connectivity index (χ0n) is 7.32. The average Bonchev–Trinajstić information content (AvgIpc) is 2.75. The highest BCUT2D eigenvalue weighted by molar-refractivity contribution is 7.82. The molecule has 0 aliphatic rings. The van der Waals surface area contributed by atoms with Crippen LogP contribution in [0.1, 0.15) is 0 Å². The van der Waals surface area contributed by atoms with E-state index in [1.807, 2.05) is 0 Å². The molecule has 2 heterocycles. The van der Waals surface area contributed by atoms with E-state index in [1.54, 1.807) is 0 Å². The van der Waals surface area contributed by atoms with E-state index in [9.17, 15) is 8.42 Å². The summed E-state index contributed by atoms with van der Waals surface area (Å²) in [5.41, 5.74) is 0. The van der Waals surface area contributed by atoms with Crippen molar-refractivity contribution < 1.29 is 25.6 Å². The summed E-state index contributed by atoms with van der Waals surface area (Å²) in [7, 11) is -4.15. The van der Waals surface area contributed by atoms with Gasteiger partial charge in [-0.3, -0.25) is 0 Å². The van der Waals surface area contributed by atoms with Gasteiger partial charge in [0.25, 0.3) is 0 Å². The van der Waals surface area contributed by atoms with E-state index in [0.29, 0.717) is 0 Å². The Morgan fingerprint density at radius 1 is 0.933 bits per heavy atom. The lowest BCUT2D eigenvalue weighted by Gasteiger charge is -2.02. The molecular formula is C8H6O6S. The maximum absolute atomic E-state index is 11.2. The lowest BCUT2D eigenvalue weighted by molar-refractivity contribution is 0.387. The summed E-state index contributed by atoms with van der Waals surface area (Å²) in [6.45, 7) is 0. The molecule has 7 heteroatoms. The first-order chi connectivity index (χ1) is 7.16. The molecule has 2 aromatic rings. The van der Waals surface area contributed by atoms with Crippen LogP contribution in [0, 0.1) is 0 Å². The predicted octanol–water partition coefficient (Wildman–Crippen LogP) is 1.58. The largest absolute Gasteiger partial charge is 0.501 e. The maximum Gasteiger partial charge on any atom is 0.501 e. The van der Waals surface area contributed by atoms with Crippen molar-refractivity contribution in [2.24, 2.45) is 0 Å². The van der Waals surface area contributed by atoms with Crippen LogP contribution in [0.5, 0.6) is 11.5 Å². The quantitative estimate of drug-likeness (QED) is 0.793. The minimum absolute atomic E-state index is 0.0403. The molecule has 0 aliphatic carbocycles. The number of rotatable bonds is 4. The van der Waals surface area contributed by atoms with Crippen LogP contribution < -0.4 is 8.37 Å². The fourth-order valence-corrected chi connectivity index (χ4v) is 1.55. The molecule has 2 rings (SSSR count). The third kappa shape index (κ3) is 2.53. The van der Waals surface area contributed by atoms with Crippen molar-refractivity contribution in [2.75, 3.05) is 0 Å². The SMILES string of the molecule is O=S(=O)(Oc1ccoc1)Oc1ccoc1. The van der Waals surface area contributed by atoms with Gasteiger partial charge in [0.2, 0.25) is 0 Å². The van der Waals surface area contributed by atoms with Gasteiger partial charge < -0.3 is 17.2 Å². The first-order valence-electron chi connectivity index (χ1n) is 3.84. The Morgan fingerprint density at radius 3 is 1.73 bits per heavy atom. The fourth-order valence-electron chi connectivity index (χ4n) is 0.852. The topological polar surface area (TPSA) is 78.9 Å². The summed E-state index contributed by atoms with van der Waals surface area (Å²) in [5.74, 6) is 0.0805. The second-order valence-corrected chi connectivity index (χ2v) is 3.64. The van der Waals surface area contributed by atoms with Crippen LogP contribution >= 0.6 is 0 Å². The van der Waals surface area contributed by atoms with E-state index in [2.05, 4.69) is 17.2 Å². The smallest absolute Gasteiger partial charge is 0.469 e. The zero-order chi connectivity index (χ0) is 10.7. The van der Waals surface area contributed by atoms with Crippen molar-refractivity contribution in [3.05, 3.63) is 37.2 Å². The minimum atomic E-state index is -4.15. The second kappa shape index (κ2) is 3.70. The van der Waals surface area contributed by atoms with Crippen LogP contribution in [0.15, 0.2) is 46.0 Å². The normalized spacial score (nSPS) is 11.2. The molecule has 0 amide bonds. The molecule has 0 N–H and O–H groups in total. The Kier molecular flexibility index (Phi) is 2.38. The average molecular weight is 230 g/mol. The molecule has 0 fully saturated rings. The fraction of sp³-hybridized carbons (Fsp3) is 0. The van der Waals surface area contributed by atoms with Crippen molar-refractivity contribution in [3.8, 4) is 11.5 Å². The van der Waals surface area contributed by atoms with E-state index >= 15 is 0 Å². The molecule has 80 valence electrons.